The van der Waals surface area contributed by atoms with E-state index in [1.165, 1.54) is 11.1 Å². The quantitative estimate of drug-likeness (QED) is 0.831. The van der Waals surface area contributed by atoms with Crippen molar-refractivity contribution in [3.8, 4) is 0 Å². The molecule has 0 saturated heterocycles. The van der Waals surface area contributed by atoms with E-state index in [4.69, 9.17) is 4.42 Å². The second-order valence-corrected chi connectivity index (χ2v) is 4.86. The molecule has 16 heavy (non-hydrogen) atoms. The number of aryl methyl sites for hydroxylation is 2. The molecule has 3 nitrogen and oxygen atoms in total. The van der Waals surface area contributed by atoms with Crippen molar-refractivity contribution in [1.82, 2.24) is 10.2 Å². The SMILES string of the molecule is Cc1oc(C)c(CNC(C)CN(C)C)c1C. The molecule has 0 radical (unpaired) electrons. The summed E-state index contributed by atoms with van der Waals surface area (Å²) in [4.78, 5) is 2.19. The van der Waals surface area contributed by atoms with Crippen molar-refractivity contribution < 1.29 is 4.42 Å². The lowest BCUT2D eigenvalue weighted by atomic mass is 10.1. The van der Waals surface area contributed by atoms with Crippen LogP contribution in [0.4, 0.5) is 0 Å². The molecule has 0 bridgehead atoms. The third-order valence-corrected chi connectivity index (χ3v) is 2.98. The van der Waals surface area contributed by atoms with Crippen molar-refractivity contribution in [2.24, 2.45) is 0 Å². The van der Waals surface area contributed by atoms with Gasteiger partial charge in [0.05, 0.1) is 0 Å². The molecule has 0 amide bonds. The van der Waals surface area contributed by atoms with Crippen LogP contribution in [-0.2, 0) is 6.54 Å². The molecule has 0 saturated carbocycles. The van der Waals surface area contributed by atoms with E-state index in [-0.39, 0.29) is 0 Å². The first-order valence-electron chi connectivity index (χ1n) is 5.85. The highest BCUT2D eigenvalue weighted by Gasteiger charge is 2.11. The molecule has 1 aromatic rings. The maximum Gasteiger partial charge on any atom is 0.105 e. The van der Waals surface area contributed by atoms with Gasteiger partial charge in [-0.2, -0.15) is 0 Å². The Hall–Kier alpha value is -0.800. The van der Waals surface area contributed by atoms with Crippen molar-refractivity contribution in [3.05, 3.63) is 22.6 Å². The second-order valence-electron chi connectivity index (χ2n) is 4.86. The Kier molecular flexibility index (Phi) is 4.56. The maximum atomic E-state index is 5.61. The molecule has 92 valence electrons. The molecule has 0 fully saturated rings. The van der Waals surface area contributed by atoms with E-state index in [0.29, 0.717) is 6.04 Å². The Balaban J connectivity index is 2.54. The van der Waals surface area contributed by atoms with Crippen LogP contribution in [0.1, 0.15) is 29.6 Å². The highest BCUT2D eigenvalue weighted by molar-refractivity contribution is 5.31. The smallest absolute Gasteiger partial charge is 0.105 e. The Morgan fingerprint density at radius 1 is 1.19 bits per heavy atom. The number of rotatable bonds is 5. The van der Waals surface area contributed by atoms with E-state index in [1.54, 1.807) is 0 Å². The van der Waals surface area contributed by atoms with Crippen LogP contribution in [0, 0.1) is 20.8 Å². The van der Waals surface area contributed by atoms with Crippen LogP contribution in [0.5, 0.6) is 0 Å². The van der Waals surface area contributed by atoms with Gasteiger partial charge in [0.2, 0.25) is 0 Å². The zero-order chi connectivity index (χ0) is 12.3. The van der Waals surface area contributed by atoms with E-state index in [0.717, 1.165) is 24.6 Å². The molecule has 1 N–H and O–H groups in total. The predicted octanol–water partition coefficient (Wildman–Crippen LogP) is 2.24. The molecule has 0 aliphatic heterocycles. The third kappa shape index (κ3) is 3.35. The lowest BCUT2D eigenvalue weighted by Gasteiger charge is -2.18. The van der Waals surface area contributed by atoms with E-state index in [1.807, 2.05) is 13.8 Å². The van der Waals surface area contributed by atoms with E-state index < -0.39 is 0 Å². The normalized spacial score (nSPS) is 13.4. The summed E-state index contributed by atoms with van der Waals surface area (Å²) < 4.78 is 5.61. The molecule has 1 heterocycles. The number of nitrogens with zero attached hydrogens (tertiary/aromatic N) is 1. The maximum absolute atomic E-state index is 5.61. The summed E-state index contributed by atoms with van der Waals surface area (Å²) in [5.74, 6) is 2.08. The fourth-order valence-electron chi connectivity index (χ4n) is 1.99. The molecule has 0 aromatic carbocycles. The average molecular weight is 224 g/mol. The molecule has 1 aromatic heterocycles. The number of hydrogen-bond donors (Lipinski definition) is 1. The number of nitrogens with one attached hydrogen (secondary N) is 1. The summed E-state index contributed by atoms with van der Waals surface area (Å²) in [6.07, 6.45) is 0. The standard InChI is InChI=1S/C13H24N2O/c1-9(8-15(5)6)14-7-13-10(2)11(3)16-12(13)4/h9,14H,7-8H2,1-6H3. The molecular formula is C13H24N2O. The van der Waals surface area contributed by atoms with E-state index >= 15 is 0 Å². The molecule has 0 aliphatic rings. The van der Waals surface area contributed by atoms with Gasteiger partial charge in [0.15, 0.2) is 0 Å². The summed E-state index contributed by atoms with van der Waals surface area (Å²) in [5, 5.41) is 3.52. The average Bonchev–Trinajstić information content (AvgIpc) is 2.38. The third-order valence-electron chi connectivity index (χ3n) is 2.98. The van der Waals surface area contributed by atoms with Crippen LogP contribution in [0.3, 0.4) is 0 Å². The van der Waals surface area contributed by atoms with E-state index in [2.05, 4.69) is 38.2 Å². The molecule has 0 spiro atoms. The van der Waals surface area contributed by atoms with Gasteiger partial charge in [-0.25, -0.2) is 0 Å². The first kappa shape index (κ1) is 13.3. The summed E-state index contributed by atoms with van der Waals surface area (Å²) in [5.41, 5.74) is 2.59. The first-order valence-corrected chi connectivity index (χ1v) is 5.85. The largest absolute Gasteiger partial charge is 0.466 e. The molecule has 1 unspecified atom stereocenters. The van der Waals surface area contributed by atoms with Crippen LogP contribution in [0.15, 0.2) is 4.42 Å². The zero-order valence-corrected chi connectivity index (χ0v) is 11.3. The van der Waals surface area contributed by atoms with Crippen LogP contribution in [0.25, 0.3) is 0 Å². The Bertz CT molecular complexity index is 342. The van der Waals surface area contributed by atoms with E-state index in [9.17, 15) is 0 Å². The van der Waals surface area contributed by atoms with Gasteiger partial charge in [0, 0.05) is 24.7 Å². The summed E-state index contributed by atoms with van der Waals surface area (Å²) in [7, 11) is 4.19. The van der Waals surface area contributed by atoms with Gasteiger partial charge in [-0.1, -0.05) is 0 Å². The fourth-order valence-corrected chi connectivity index (χ4v) is 1.99. The number of hydrogen-bond acceptors (Lipinski definition) is 3. The minimum Gasteiger partial charge on any atom is -0.466 e. The molecule has 1 rings (SSSR count). The van der Waals surface area contributed by atoms with Crippen molar-refractivity contribution in [2.75, 3.05) is 20.6 Å². The minimum atomic E-state index is 0.490. The Morgan fingerprint density at radius 3 is 2.25 bits per heavy atom. The molecular weight excluding hydrogens is 200 g/mol. The lowest BCUT2D eigenvalue weighted by molar-refractivity contribution is 0.348. The Morgan fingerprint density at radius 2 is 1.81 bits per heavy atom. The van der Waals surface area contributed by atoms with Gasteiger partial charge in [-0.05, 0) is 47.4 Å². The minimum absolute atomic E-state index is 0.490. The second kappa shape index (κ2) is 5.51. The van der Waals surface area contributed by atoms with Crippen molar-refractivity contribution >= 4 is 0 Å². The molecule has 1 atom stereocenters. The highest BCUT2D eigenvalue weighted by Crippen LogP contribution is 2.20. The molecule has 0 aliphatic carbocycles. The fraction of sp³-hybridized carbons (Fsp3) is 0.692. The lowest BCUT2D eigenvalue weighted by Crippen LogP contribution is -2.35. The van der Waals surface area contributed by atoms with Gasteiger partial charge in [0.25, 0.3) is 0 Å². The van der Waals surface area contributed by atoms with Gasteiger partial charge in [-0.3, -0.25) is 0 Å². The van der Waals surface area contributed by atoms with Gasteiger partial charge >= 0.3 is 0 Å². The van der Waals surface area contributed by atoms with Gasteiger partial charge < -0.3 is 14.6 Å². The van der Waals surface area contributed by atoms with Crippen molar-refractivity contribution in [2.45, 2.75) is 40.3 Å². The Labute approximate surface area is 98.8 Å². The van der Waals surface area contributed by atoms with Crippen LogP contribution < -0.4 is 5.32 Å². The van der Waals surface area contributed by atoms with Gasteiger partial charge in [0.1, 0.15) is 11.5 Å². The number of furan rings is 1. The van der Waals surface area contributed by atoms with Gasteiger partial charge in [-0.15, -0.1) is 0 Å². The molecule has 3 heteroatoms. The van der Waals surface area contributed by atoms with Crippen LogP contribution in [-0.4, -0.2) is 31.6 Å². The number of likely N-dealkylation sites (N-methyl/N-ethyl adjacent to an activating group) is 1. The summed E-state index contributed by atoms with van der Waals surface area (Å²) in [6, 6.07) is 0.490. The first-order chi connectivity index (χ1) is 7.41. The summed E-state index contributed by atoms with van der Waals surface area (Å²) in [6.45, 7) is 10.3. The van der Waals surface area contributed by atoms with Crippen LogP contribution in [0.2, 0.25) is 0 Å². The van der Waals surface area contributed by atoms with Crippen molar-refractivity contribution in [3.63, 3.8) is 0 Å². The predicted molar refractivity (Wildman–Crippen MR) is 67.8 cm³/mol. The monoisotopic (exact) mass is 224 g/mol. The summed E-state index contributed by atoms with van der Waals surface area (Å²) >= 11 is 0. The topological polar surface area (TPSA) is 28.4 Å². The highest BCUT2D eigenvalue weighted by atomic mass is 16.3. The van der Waals surface area contributed by atoms with Crippen LogP contribution >= 0.6 is 0 Å². The zero-order valence-electron chi connectivity index (χ0n) is 11.3. The van der Waals surface area contributed by atoms with Crippen molar-refractivity contribution in [1.29, 1.82) is 0 Å².